The number of methoxy groups -OCH3 is 2. The van der Waals surface area contributed by atoms with Crippen LogP contribution in [0.4, 0.5) is 5.95 Å². The van der Waals surface area contributed by atoms with E-state index in [4.69, 9.17) is 9.47 Å². The first kappa shape index (κ1) is 21.1. The summed E-state index contributed by atoms with van der Waals surface area (Å²) in [7, 11) is 3.19. The Hall–Kier alpha value is -2.63. The molecular weight excluding hydrogens is 489 g/mol. The highest BCUT2D eigenvalue weighted by Crippen LogP contribution is 2.27. The van der Waals surface area contributed by atoms with Gasteiger partial charge in [0, 0.05) is 17.0 Å². The molecule has 2 N–H and O–H groups in total. The Morgan fingerprint density at radius 3 is 2.69 bits per heavy atom. The van der Waals surface area contributed by atoms with Crippen molar-refractivity contribution in [2.75, 3.05) is 26.1 Å². The number of hydrogen-bond donors (Lipinski definition) is 2. The Morgan fingerprint density at radius 2 is 2.00 bits per heavy atom. The summed E-state index contributed by atoms with van der Waals surface area (Å²) < 4.78 is 11.9. The Labute approximate surface area is 180 Å². The quantitative estimate of drug-likeness (QED) is 0.352. The van der Waals surface area contributed by atoms with E-state index in [1.807, 2.05) is 25.1 Å². The third-order valence-electron chi connectivity index (χ3n) is 4.30. The van der Waals surface area contributed by atoms with Gasteiger partial charge in [-0.25, -0.2) is 14.8 Å². The molecule has 10 heteroatoms. The maximum absolute atomic E-state index is 12.7. The van der Waals surface area contributed by atoms with Gasteiger partial charge in [-0.15, -0.1) is 0 Å². The maximum Gasteiger partial charge on any atom is 0.328 e. The monoisotopic (exact) mass is 511 g/mol. The van der Waals surface area contributed by atoms with Gasteiger partial charge in [-0.05, 0) is 24.1 Å². The fourth-order valence-corrected chi connectivity index (χ4v) is 3.29. The Balaban J connectivity index is 1.77. The van der Waals surface area contributed by atoms with Crippen molar-refractivity contribution in [2.45, 2.75) is 23.8 Å². The molecule has 0 aliphatic heterocycles. The van der Waals surface area contributed by atoms with Gasteiger partial charge >= 0.3 is 5.69 Å². The Bertz CT molecular complexity index is 1130. The summed E-state index contributed by atoms with van der Waals surface area (Å²) in [6, 6.07) is 5.73. The predicted octanol–water partition coefficient (Wildman–Crippen LogP) is 1.98. The van der Waals surface area contributed by atoms with Crippen molar-refractivity contribution in [1.29, 1.82) is 0 Å². The van der Waals surface area contributed by atoms with Crippen LogP contribution in [0.1, 0.15) is 12.5 Å². The number of fused-ring (bicyclic) bond motifs is 1. The van der Waals surface area contributed by atoms with Gasteiger partial charge in [0.1, 0.15) is 0 Å². The predicted molar refractivity (Wildman–Crippen MR) is 120 cm³/mol. The summed E-state index contributed by atoms with van der Waals surface area (Å²) in [6.07, 6.45) is 2.14. The first-order valence-corrected chi connectivity index (χ1v) is 10.3. The molecule has 0 aliphatic rings. The van der Waals surface area contributed by atoms with E-state index in [0.717, 1.165) is 5.56 Å². The molecule has 2 aromatic heterocycles. The van der Waals surface area contributed by atoms with E-state index in [1.165, 1.54) is 10.8 Å². The molecule has 0 amide bonds. The molecule has 0 saturated heterocycles. The van der Waals surface area contributed by atoms with Crippen molar-refractivity contribution < 1.29 is 9.47 Å². The summed E-state index contributed by atoms with van der Waals surface area (Å²) in [5.74, 6) is 1.67. The van der Waals surface area contributed by atoms with Gasteiger partial charge in [-0.1, -0.05) is 35.6 Å². The van der Waals surface area contributed by atoms with Gasteiger partial charge in [0.2, 0.25) is 5.95 Å². The molecule has 0 spiro atoms. The molecule has 1 aromatic carbocycles. The lowest BCUT2D eigenvalue weighted by molar-refractivity contribution is 0.354. The van der Waals surface area contributed by atoms with Crippen LogP contribution in [0.15, 0.2) is 34.0 Å². The van der Waals surface area contributed by atoms with Gasteiger partial charge in [0.15, 0.2) is 17.0 Å². The minimum absolute atomic E-state index is 0.129. The fraction of sp³-hybridized carbons (Fsp3) is 0.368. The molecule has 0 radical (unpaired) electrons. The third-order valence-corrected chi connectivity index (χ3v) is 4.70. The number of aromatic amines is 1. The summed E-state index contributed by atoms with van der Waals surface area (Å²) in [5.41, 5.74) is 0.688. The molecule has 154 valence electrons. The van der Waals surface area contributed by atoms with E-state index in [0.29, 0.717) is 42.5 Å². The van der Waals surface area contributed by atoms with E-state index in [2.05, 4.69) is 42.9 Å². The van der Waals surface area contributed by atoms with E-state index >= 15 is 0 Å². The number of alkyl halides is 1. The van der Waals surface area contributed by atoms with Crippen molar-refractivity contribution in [3.63, 3.8) is 0 Å². The number of nitrogens with one attached hydrogen (secondary N) is 2. The van der Waals surface area contributed by atoms with E-state index in [9.17, 15) is 9.59 Å². The molecule has 2 heterocycles. The number of aromatic nitrogens is 4. The average Bonchev–Trinajstić information content (AvgIpc) is 2.71. The third kappa shape index (κ3) is 4.86. The fourth-order valence-electron chi connectivity index (χ4n) is 2.90. The van der Waals surface area contributed by atoms with Crippen molar-refractivity contribution in [3.8, 4) is 11.5 Å². The molecule has 0 bridgehead atoms. The molecular formula is C19H22IN5O4. The lowest BCUT2D eigenvalue weighted by Gasteiger charge is -2.10. The zero-order valence-corrected chi connectivity index (χ0v) is 18.5. The smallest absolute Gasteiger partial charge is 0.328 e. The van der Waals surface area contributed by atoms with Crippen molar-refractivity contribution in [1.82, 2.24) is 19.5 Å². The zero-order chi connectivity index (χ0) is 21.0. The van der Waals surface area contributed by atoms with Crippen LogP contribution in [-0.4, -0.2) is 44.2 Å². The lowest BCUT2D eigenvalue weighted by atomic mass is 10.1. The van der Waals surface area contributed by atoms with Crippen LogP contribution in [0.3, 0.4) is 0 Å². The standard InChI is InChI=1S/C19H22IN5O4/c1-11(20)10-25-17(26)16-13(23-19(25)27)9-22-18(24-16)21-7-6-12-4-5-14(28-2)15(8-12)29-3/h4-5,8-9,11H,6-7,10H2,1-3H3,(H,23,27)(H,21,22,24). The van der Waals surface area contributed by atoms with Gasteiger partial charge in [0.05, 0.1) is 25.9 Å². The van der Waals surface area contributed by atoms with Crippen LogP contribution in [-0.2, 0) is 13.0 Å². The van der Waals surface area contributed by atoms with E-state index in [-0.39, 0.29) is 9.44 Å². The molecule has 0 saturated carbocycles. The molecule has 0 aliphatic carbocycles. The second-order valence-electron chi connectivity index (χ2n) is 6.45. The summed E-state index contributed by atoms with van der Waals surface area (Å²) >= 11 is 2.17. The number of nitrogens with zero attached hydrogens (tertiary/aromatic N) is 3. The average molecular weight is 511 g/mol. The highest BCUT2D eigenvalue weighted by atomic mass is 127. The minimum atomic E-state index is -0.455. The zero-order valence-electron chi connectivity index (χ0n) is 16.4. The number of halogens is 1. The molecule has 0 fully saturated rings. The van der Waals surface area contributed by atoms with Gasteiger partial charge in [-0.2, -0.15) is 0 Å². The summed E-state index contributed by atoms with van der Waals surface area (Å²) in [4.78, 5) is 35.9. The van der Waals surface area contributed by atoms with Crippen LogP contribution in [0.5, 0.6) is 11.5 Å². The topological polar surface area (TPSA) is 111 Å². The highest BCUT2D eigenvalue weighted by molar-refractivity contribution is 14.1. The largest absolute Gasteiger partial charge is 0.493 e. The summed E-state index contributed by atoms with van der Waals surface area (Å²) in [6.45, 7) is 2.80. The molecule has 3 rings (SSSR count). The Morgan fingerprint density at radius 1 is 1.24 bits per heavy atom. The van der Waals surface area contributed by atoms with Gasteiger partial charge in [0.25, 0.3) is 5.56 Å². The van der Waals surface area contributed by atoms with Crippen molar-refractivity contribution >= 4 is 39.6 Å². The van der Waals surface area contributed by atoms with Crippen LogP contribution >= 0.6 is 22.6 Å². The minimum Gasteiger partial charge on any atom is -0.493 e. The highest BCUT2D eigenvalue weighted by Gasteiger charge is 2.12. The second kappa shape index (κ2) is 9.25. The summed E-state index contributed by atoms with van der Waals surface area (Å²) in [5, 5.41) is 3.12. The second-order valence-corrected chi connectivity index (χ2v) is 8.58. The van der Waals surface area contributed by atoms with Crippen LogP contribution < -0.4 is 26.0 Å². The molecule has 1 atom stereocenters. The lowest BCUT2D eigenvalue weighted by Crippen LogP contribution is -2.37. The Kier molecular flexibility index (Phi) is 6.72. The van der Waals surface area contributed by atoms with Crippen molar-refractivity contribution in [2.24, 2.45) is 0 Å². The van der Waals surface area contributed by atoms with Crippen molar-refractivity contribution in [3.05, 3.63) is 50.8 Å². The first-order chi connectivity index (χ1) is 13.9. The molecule has 1 unspecified atom stereocenters. The number of rotatable bonds is 8. The molecule has 3 aromatic rings. The number of hydrogen-bond acceptors (Lipinski definition) is 7. The van der Waals surface area contributed by atoms with Gasteiger partial charge in [-0.3, -0.25) is 9.36 Å². The number of ether oxygens (including phenoxy) is 2. The number of anilines is 1. The first-order valence-electron chi connectivity index (χ1n) is 9.01. The maximum atomic E-state index is 12.7. The van der Waals surface area contributed by atoms with E-state index in [1.54, 1.807) is 14.2 Å². The van der Waals surface area contributed by atoms with Crippen LogP contribution in [0.2, 0.25) is 0 Å². The molecule has 29 heavy (non-hydrogen) atoms. The van der Waals surface area contributed by atoms with E-state index < -0.39 is 11.2 Å². The SMILES string of the molecule is COc1ccc(CCNc2ncc3[nH]c(=O)n(CC(C)I)c(=O)c3n2)cc1OC. The van der Waals surface area contributed by atoms with Crippen LogP contribution in [0.25, 0.3) is 11.0 Å². The van der Waals surface area contributed by atoms with Gasteiger partial charge < -0.3 is 19.8 Å². The molecule has 9 nitrogen and oxygen atoms in total. The normalized spacial score (nSPS) is 12.0. The number of benzene rings is 1. The number of H-pyrrole nitrogens is 1. The van der Waals surface area contributed by atoms with Crippen LogP contribution in [0, 0.1) is 0 Å².